The Bertz CT molecular complexity index is 318. The van der Waals surface area contributed by atoms with Gasteiger partial charge in [-0.1, -0.05) is 12.6 Å². The second-order valence-electron chi connectivity index (χ2n) is 2.45. The standard InChI is InChI=1S/C8H7NO2S/c1-5-7(9-8(10)11-5)6-3-2-4-12-6/h2-4,7H,1H2,(H,9,10). The van der Waals surface area contributed by atoms with Gasteiger partial charge in [-0.25, -0.2) is 4.79 Å². The van der Waals surface area contributed by atoms with E-state index in [9.17, 15) is 4.79 Å². The molecule has 1 fully saturated rings. The Kier molecular flexibility index (Phi) is 1.62. The van der Waals surface area contributed by atoms with Crippen LogP contribution in [0.5, 0.6) is 0 Å². The maximum Gasteiger partial charge on any atom is 0.413 e. The summed E-state index contributed by atoms with van der Waals surface area (Å²) in [6.45, 7) is 3.64. The Labute approximate surface area is 73.7 Å². The van der Waals surface area contributed by atoms with Gasteiger partial charge in [-0.05, 0) is 11.4 Å². The highest BCUT2D eigenvalue weighted by atomic mass is 32.1. The number of amides is 1. The quantitative estimate of drug-likeness (QED) is 0.720. The molecule has 1 aliphatic heterocycles. The van der Waals surface area contributed by atoms with Gasteiger partial charge in [0.1, 0.15) is 11.8 Å². The molecule has 1 N–H and O–H groups in total. The number of ether oxygens (including phenoxy) is 1. The molecule has 1 aromatic rings. The highest BCUT2D eigenvalue weighted by Gasteiger charge is 2.28. The van der Waals surface area contributed by atoms with E-state index in [1.54, 1.807) is 11.3 Å². The number of cyclic esters (lactones) is 1. The molecular weight excluding hydrogens is 174 g/mol. The third-order valence-corrected chi connectivity index (χ3v) is 2.57. The number of nitrogens with one attached hydrogen (secondary N) is 1. The normalized spacial score (nSPS) is 22.2. The van der Waals surface area contributed by atoms with Gasteiger partial charge in [-0.3, -0.25) is 0 Å². The number of hydrogen-bond acceptors (Lipinski definition) is 3. The number of hydrogen-bond donors (Lipinski definition) is 1. The Morgan fingerprint density at radius 1 is 1.67 bits per heavy atom. The zero-order valence-corrected chi connectivity index (χ0v) is 7.06. The van der Waals surface area contributed by atoms with Crippen molar-refractivity contribution >= 4 is 17.4 Å². The lowest BCUT2D eigenvalue weighted by Gasteiger charge is -2.03. The highest BCUT2D eigenvalue weighted by Crippen LogP contribution is 2.29. The Hall–Kier alpha value is -1.29. The first kappa shape index (κ1) is 7.36. The molecule has 1 unspecified atom stereocenters. The second-order valence-corrected chi connectivity index (χ2v) is 3.43. The summed E-state index contributed by atoms with van der Waals surface area (Å²) in [5.41, 5.74) is 0. The van der Waals surface area contributed by atoms with E-state index in [2.05, 4.69) is 11.9 Å². The van der Waals surface area contributed by atoms with Crippen molar-refractivity contribution in [3.8, 4) is 0 Å². The average Bonchev–Trinajstić information content (AvgIpc) is 2.58. The van der Waals surface area contributed by atoms with Crippen molar-refractivity contribution in [2.45, 2.75) is 6.04 Å². The smallest absolute Gasteiger partial charge is 0.413 e. The summed E-state index contributed by atoms with van der Waals surface area (Å²) in [5, 5.41) is 4.61. The van der Waals surface area contributed by atoms with Crippen LogP contribution >= 0.6 is 11.3 Å². The molecule has 2 heterocycles. The molecular formula is C8H7NO2S. The lowest BCUT2D eigenvalue weighted by atomic mass is 10.2. The van der Waals surface area contributed by atoms with Crippen LogP contribution in [0.15, 0.2) is 29.9 Å². The minimum atomic E-state index is -0.418. The van der Waals surface area contributed by atoms with Gasteiger partial charge in [0.05, 0.1) is 0 Å². The lowest BCUT2D eigenvalue weighted by Crippen LogP contribution is -2.16. The molecule has 0 saturated carbocycles. The van der Waals surface area contributed by atoms with Gasteiger partial charge in [0.2, 0.25) is 0 Å². The maximum atomic E-state index is 10.8. The summed E-state index contributed by atoms with van der Waals surface area (Å²) in [7, 11) is 0. The van der Waals surface area contributed by atoms with Crippen LogP contribution in [0, 0.1) is 0 Å². The molecule has 62 valence electrons. The monoisotopic (exact) mass is 181 g/mol. The predicted octanol–water partition coefficient (Wildman–Crippen LogP) is 2.04. The summed E-state index contributed by atoms with van der Waals surface area (Å²) in [4.78, 5) is 11.8. The second kappa shape index (κ2) is 2.64. The fraction of sp³-hybridized carbons (Fsp3) is 0.125. The Morgan fingerprint density at radius 3 is 3.00 bits per heavy atom. The molecule has 0 aromatic carbocycles. The van der Waals surface area contributed by atoms with Crippen molar-refractivity contribution in [1.82, 2.24) is 5.32 Å². The lowest BCUT2D eigenvalue weighted by molar-refractivity contribution is 0.195. The van der Waals surface area contributed by atoms with Gasteiger partial charge in [0.15, 0.2) is 0 Å². The minimum Gasteiger partial charge on any atom is -0.413 e. The molecule has 0 radical (unpaired) electrons. The highest BCUT2D eigenvalue weighted by molar-refractivity contribution is 7.10. The zero-order valence-electron chi connectivity index (χ0n) is 6.24. The first-order valence-corrected chi connectivity index (χ1v) is 4.36. The van der Waals surface area contributed by atoms with Gasteiger partial charge in [0.25, 0.3) is 0 Å². The van der Waals surface area contributed by atoms with E-state index in [1.807, 2.05) is 17.5 Å². The van der Waals surface area contributed by atoms with Crippen molar-refractivity contribution in [2.75, 3.05) is 0 Å². The Morgan fingerprint density at radius 2 is 2.50 bits per heavy atom. The number of thiophene rings is 1. The van der Waals surface area contributed by atoms with Gasteiger partial charge in [-0.15, -0.1) is 11.3 Å². The first-order valence-electron chi connectivity index (χ1n) is 3.48. The number of alkyl carbamates (subject to hydrolysis) is 1. The van der Waals surface area contributed by atoms with Gasteiger partial charge < -0.3 is 10.1 Å². The van der Waals surface area contributed by atoms with Gasteiger partial charge in [0, 0.05) is 4.88 Å². The summed E-state index contributed by atoms with van der Waals surface area (Å²) < 4.78 is 4.76. The molecule has 1 amide bonds. The molecule has 1 atom stereocenters. The molecule has 3 nitrogen and oxygen atoms in total. The largest absolute Gasteiger partial charge is 0.413 e. The third-order valence-electron chi connectivity index (χ3n) is 1.64. The van der Waals surface area contributed by atoms with E-state index in [0.717, 1.165) is 4.88 Å². The van der Waals surface area contributed by atoms with E-state index in [-0.39, 0.29) is 6.04 Å². The van der Waals surface area contributed by atoms with Gasteiger partial charge >= 0.3 is 6.09 Å². The molecule has 2 rings (SSSR count). The van der Waals surface area contributed by atoms with Crippen molar-refractivity contribution < 1.29 is 9.53 Å². The molecule has 1 aliphatic rings. The van der Waals surface area contributed by atoms with Crippen LogP contribution in [-0.4, -0.2) is 6.09 Å². The molecule has 1 saturated heterocycles. The van der Waals surface area contributed by atoms with Crippen LogP contribution < -0.4 is 5.32 Å². The van der Waals surface area contributed by atoms with Crippen molar-refractivity contribution in [3.63, 3.8) is 0 Å². The predicted molar refractivity (Wildman–Crippen MR) is 45.8 cm³/mol. The molecule has 4 heteroatoms. The summed E-state index contributed by atoms with van der Waals surface area (Å²) in [6, 6.07) is 3.71. The van der Waals surface area contributed by atoms with Crippen molar-refractivity contribution in [1.29, 1.82) is 0 Å². The fourth-order valence-corrected chi connectivity index (χ4v) is 1.89. The van der Waals surface area contributed by atoms with Crippen molar-refractivity contribution in [2.24, 2.45) is 0 Å². The van der Waals surface area contributed by atoms with Gasteiger partial charge in [-0.2, -0.15) is 0 Å². The van der Waals surface area contributed by atoms with E-state index in [4.69, 9.17) is 4.74 Å². The molecule has 0 spiro atoms. The molecule has 0 aliphatic carbocycles. The number of rotatable bonds is 1. The number of carbonyl (C=O) groups excluding carboxylic acids is 1. The fourth-order valence-electron chi connectivity index (χ4n) is 1.09. The van der Waals surface area contributed by atoms with Crippen LogP contribution in [0.2, 0.25) is 0 Å². The molecule has 12 heavy (non-hydrogen) atoms. The van der Waals surface area contributed by atoms with Crippen molar-refractivity contribution in [3.05, 3.63) is 34.7 Å². The minimum absolute atomic E-state index is 0.155. The zero-order chi connectivity index (χ0) is 8.55. The average molecular weight is 181 g/mol. The topological polar surface area (TPSA) is 38.3 Å². The summed E-state index contributed by atoms with van der Waals surface area (Å²) >= 11 is 1.57. The van der Waals surface area contributed by atoms with Crippen LogP contribution in [0.1, 0.15) is 10.9 Å². The SMILES string of the molecule is C=C1OC(=O)NC1c1cccs1. The van der Waals surface area contributed by atoms with E-state index < -0.39 is 6.09 Å². The van der Waals surface area contributed by atoms with Crippen LogP contribution in [0.4, 0.5) is 4.79 Å². The van der Waals surface area contributed by atoms with E-state index in [1.165, 1.54) is 0 Å². The Balaban J connectivity index is 2.26. The van der Waals surface area contributed by atoms with Crippen LogP contribution in [0.3, 0.4) is 0 Å². The molecule has 0 bridgehead atoms. The maximum absolute atomic E-state index is 10.8. The molecule has 1 aromatic heterocycles. The summed E-state index contributed by atoms with van der Waals surface area (Å²) in [6.07, 6.45) is -0.418. The first-order chi connectivity index (χ1) is 5.77. The van der Waals surface area contributed by atoms with E-state index in [0.29, 0.717) is 5.76 Å². The van der Waals surface area contributed by atoms with Crippen LogP contribution in [-0.2, 0) is 4.74 Å². The summed E-state index contributed by atoms with van der Waals surface area (Å²) in [5.74, 6) is 0.474. The third kappa shape index (κ3) is 1.10. The van der Waals surface area contributed by atoms with E-state index >= 15 is 0 Å². The van der Waals surface area contributed by atoms with Crippen LogP contribution in [0.25, 0.3) is 0 Å². The number of carbonyl (C=O) groups is 1.